The second-order valence-electron chi connectivity index (χ2n) is 10.5. The lowest BCUT2D eigenvalue weighted by molar-refractivity contribution is -0.128. The average molecular weight is 335 g/mol. The van der Waals surface area contributed by atoms with Crippen molar-refractivity contribution < 1.29 is 10.2 Å². The van der Waals surface area contributed by atoms with Crippen LogP contribution in [0.2, 0.25) is 0 Å². The van der Waals surface area contributed by atoms with Crippen molar-refractivity contribution in [2.45, 2.75) is 97.2 Å². The molecule has 0 amide bonds. The second-order valence-corrected chi connectivity index (χ2v) is 10.5. The predicted octanol–water partition coefficient (Wildman–Crippen LogP) is 4.78. The van der Waals surface area contributed by atoms with Crippen molar-refractivity contribution in [2.75, 3.05) is 0 Å². The third kappa shape index (κ3) is 2.50. The van der Waals surface area contributed by atoms with Crippen molar-refractivity contribution >= 4 is 0 Å². The van der Waals surface area contributed by atoms with E-state index in [-0.39, 0.29) is 12.2 Å². The Morgan fingerprint density at radius 1 is 0.917 bits per heavy atom. The van der Waals surface area contributed by atoms with E-state index in [1.54, 1.807) is 0 Å². The number of aliphatic hydroxyl groups excluding tert-OH is 2. The summed E-state index contributed by atoms with van der Waals surface area (Å²) in [6.45, 7) is 7.11. The van der Waals surface area contributed by atoms with E-state index < -0.39 is 0 Å². The molecule has 4 aliphatic carbocycles. The first kappa shape index (κ1) is 17.3. The smallest absolute Gasteiger partial charge is 0.0543 e. The van der Waals surface area contributed by atoms with E-state index in [4.69, 9.17) is 0 Å². The Kier molecular flexibility index (Phi) is 4.32. The molecule has 0 aromatic carbocycles. The Balaban J connectivity index is 1.56. The standard InChI is InChI=1S/C22H38O2/c1-14(23)12-15-5-7-19-18-6-4-16-13-17(24)8-10-21(16,2)20(18)9-11-22(15,19)3/h14-20,23-24H,4-13H2,1-3H3/t14-,15+,16?,17?,18-,19?,20?,21?,22?/m0/s1. The molecule has 0 aromatic heterocycles. The van der Waals surface area contributed by atoms with E-state index in [1.165, 1.54) is 44.9 Å². The molecule has 2 N–H and O–H groups in total. The summed E-state index contributed by atoms with van der Waals surface area (Å²) in [6.07, 6.45) is 12.4. The molecule has 0 bridgehead atoms. The normalized spacial score (nSPS) is 55.4. The zero-order valence-electron chi connectivity index (χ0n) is 16.0. The third-order valence-corrected chi connectivity index (χ3v) is 9.46. The van der Waals surface area contributed by atoms with Gasteiger partial charge in [0, 0.05) is 0 Å². The van der Waals surface area contributed by atoms with Gasteiger partial charge in [0.1, 0.15) is 0 Å². The Labute approximate surface area is 148 Å². The van der Waals surface area contributed by atoms with Gasteiger partial charge in [0.05, 0.1) is 12.2 Å². The van der Waals surface area contributed by atoms with Crippen LogP contribution in [0, 0.1) is 40.4 Å². The van der Waals surface area contributed by atoms with Crippen molar-refractivity contribution in [3.8, 4) is 0 Å². The lowest BCUT2D eigenvalue weighted by Crippen LogP contribution is -2.54. The van der Waals surface area contributed by atoms with Gasteiger partial charge in [-0.3, -0.25) is 0 Å². The topological polar surface area (TPSA) is 40.5 Å². The van der Waals surface area contributed by atoms with Crippen LogP contribution in [0.15, 0.2) is 0 Å². The number of fused-ring (bicyclic) bond motifs is 5. The number of hydrogen-bond donors (Lipinski definition) is 2. The highest BCUT2D eigenvalue weighted by molar-refractivity contribution is 5.09. The largest absolute Gasteiger partial charge is 0.393 e. The maximum atomic E-state index is 10.1. The number of hydrogen-bond acceptors (Lipinski definition) is 2. The second kappa shape index (κ2) is 5.98. The molecule has 2 nitrogen and oxygen atoms in total. The SMILES string of the molecule is C[C@H](O)C[C@H]1CCC2[C@@H]3CCC4CC(O)CCC4(C)C3CCC21C. The fourth-order valence-corrected chi connectivity index (χ4v) is 8.14. The molecule has 4 saturated carbocycles. The lowest BCUT2D eigenvalue weighted by Gasteiger charge is -2.61. The van der Waals surface area contributed by atoms with E-state index in [1.807, 2.05) is 6.92 Å². The Hall–Kier alpha value is -0.0800. The average Bonchev–Trinajstić information content (AvgIpc) is 2.84. The van der Waals surface area contributed by atoms with E-state index in [0.717, 1.165) is 48.9 Å². The first-order chi connectivity index (χ1) is 11.3. The molecule has 0 aromatic rings. The minimum atomic E-state index is -0.142. The van der Waals surface area contributed by atoms with E-state index in [0.29, 0.717) is 10.8 Å². The first-order valence-corrected chi connectivity index (χ1v) is 10.7. The van der Waals surface area contributed by atoms with E-state index >= 15 is 0 Å². The Morgan fingerprint density at radius 3 is 2.38 bits per heavy atom. The van der Waals surface area contributed by atoms with Crippen molar-refractivity contribution in [1.82, 2.24) is 0 Å². The monoisotopic (exact) mass is 334 g/mol. The van der Waals surface area contributed by atoms with Crippen molar-refractivity contribution in [1.29, 1.82) is 0 Å². The Morgan fingerprint density at radius 2 is 1.62 bits per heavy atom. The molecule has 138 valence electrons. The molecule has 4 rings (SSSR count). The molecular formula is C22H38O2. The highest BCUT2D eigenvalue weighted by Gasteiger charge is 2.59. The van der Waals surface area contributed by atoms with Crippen molar-refractivity contribution in [3.63, 3.8) is 0 Å². The summed E-state index contributed by atoms with van der Waals surface area (Å²) in [4.78, 5) is 0. The maximum Gasteiger partial charge on any atom is 0.0543 e. The van der Waals surface area contributed by atoms with Gasteiger partial charge in [0.15, 0.2) is 0 Å². The summed E-state index contributed by atoms with van der Waals surface area (Å²) in [7, 11) is 0. The van der Waals surface area contributed by atoms with Crippen LogP contribution >= 0.6 is 0 Å². The zero-order valence-corrected chi connectivity index (χ0v) is 16.0. The number of aliphatic hydroxyl groups is 2. The van der Waals surface area contributed by atoms with Gasteiger partial charge in [-0.1, -0.05) is 13.8 Å². The molecule has 0 heterocycles. The summed E-state index contributed by atoms with van der Waals surface area (Å²) < 4.78 is 0. The first-order valence-electron chi connectivity index (χ1n) is 10.7. The molecule has 6 unspecified atom stereocenters. The zero-order chi connectivity index (χ0) is 17.1. The van der Waals surface area contributed by atoms with Crippen LogP contribution < -0.4 is 0 Å². The molecule has 0 saturated heterocycles. The van der Waals surface area contributed by atoms with Crippen LogP contribution in [0.3, 0.4) is 0 Å². The maximum absolute atomic E-state index is 10.1. The van der Waals surface area contributed by atoms with Gasteiger partial charge in [0.2, 0.25) is 0 Å². The van der Waals surface area contributed by atoms with Crippen LogP contribution in [0.25, 0.3) is 0 Å². The van der Waals surface area contributed by atoms with Gasteiger partial charge in [0.25, 0.3) is 0 Å². The van der Waals surface area contributed by atoms with Crippen molar-refractivity contribution in [2.24, 2.45) is 40.4 Å². The highest BCUT2D eigenvalue weighted by Crippen LogP contribution is 2.67. The van der Waals surface area contributed by atoms with Crippen LogP contribution in [0.5, 0.6) is 0 Å². The molecule has 24 heavy (non-hydrogen) atoms. The minimum absolute atomic E-state index is 0.0321. The van der Waals surface area contributed by atoms with Gasteiger partial charge in [-0.15, -0.1) is 0 Å². The summed E-state index contributed by atoms with van der Waals surface area (Å²) in [5, 5.41) is 20.1. The lowest BCUT2D eigenvalue weighted by atomic mass is 9.44. The fraction of sp³-hybridized carbons (Fsp3) is 1.00. The predicted molar refractivity (Wildman–Crippen MR) is 97.5 cm³/mol. The van der Waals surface area contributed by atoms with Crippen LogP contribution in [-0.2, 0) is 0 Å². The van der Waals surface area contributed by atoms with Crippen LogP contribution in [-0.4, -0.2) is 22.4 Å². The fourth-order valence-electron chi connectivity index (χ4n) is 8.14. The minimum Gasteiger partial charge on any atom is -0.393 e. The molecule has 4 aliphatic rings. The molecule has 4 fully saturated rings. The van der Waals surface area contributed by atoms with Crippen LogP contribution in [0.4, 0.5) is 0 Å². The highest BCUT2D eigenvalue weighted by atomic mass is 16.3. The quantitative estimate of drug-likeness (QED) is 0.763. The Bertz CT molecular complexity index is 475. The summed E-state index contributed by atoms with van der Waals surface area (Å²) in [5.41, 5.74) is 0.974. The molecule has 9 atom stereocenters. The van der Waals surface area contributed by atoms with Crippen molar-refractivity contribution in [3.05, 3.63) is 0 Å². The van der Waals surface area contributed by atoms with Gasteiger partial charge < -0.3 is 10.2 Å². The van der Waals surface area contributed by atoms with Gasteiger partial charge in [-0.05, 0) is 112 Å². The molecule has 2 heteroatoms. The molecular weight excluding hydrogens is 296 g/mol. The molecule has 0 spiro atoms. The summed E-state index contributed by atoms with van der Waals surface area (Å²) >= 11 is 0. The van der Waals surface area contributed by atoms with E-state index in [9.17, 15) is 10.2 Å². The van der Waals surface area contributed by atoms with E-state index in [2.05, 4.69) is 13.8 Å². The number of rotatable bonds is 2. The van der Waals surface area contributed by atoms with Gasteiger partial charge >= 0.3 is 0 Å². The summed E-state index contributed by atoms with van der Waals surface area (Å²) in [5.74, 6) is 4.21. The molecule has 0 radical (unpaired) electrons. The van der Waals surface area contributed by atoms with Gasteiger partial charge in [-0.25, -0.2) is 0 Å². The third-order valence-electron chi connectivity index (χ3n) is 9.46. The summed E-state index contributed by atoms with van der Waals surface area (Å²) in [6, 6.07) is 0. The van der Waals surface area contributed by atoms with Gasteiger partial charge in [-0.2, -0.15) is 0 Å². The van der Waals surface area contributed by atoms with Crippen LogP contribution in [0.1, 0.15) is 85.0 Å². The molecule has 0 aliphatic heterocycles.